The molecular formula is C34H30ClFN4O3. The molecule has 43 heavy (non-hydrogen) atoms. The number of phenols is 1. The van der Waals surface area contributed by atoms with Crippen molar-refractivity contribution in [2.45, 2.75) is 32.1 Å². The van der Waals surface area contributed by atoms with Gasteiger partial charge in [0.15, 0.2) is 12.1 Å². The quantitative estimate of drug-likeness (QED) is 0.147. The summed E-state index contributed by atoms with van der Waals surface area (Å²) in [5.74, 6) is 1.28. The van der Waals surface area contributed by atoms with E-state index >= 15 is 4.39 Å². The molecule has 2 atom stereocenters. The largest absolute Gasteiger partial charge is 0.507 e. The van der Waals surface area contributed by atoms with E-state index in [-0.39, 0.29) is 28.5 Å². The van der Waals surface area contributed by atoms with Crippen molar-refractivity contribution in [3.05, 3.63) is 82.8 Å². The fourth-order valence-electron chi connectivity index (χ4n) is 6.68. The summed E-state index contributed by atoms with van der Waals surface area (Å²) in [5, 5.41) is 12.5. The number of nitrogens with zero attached hydrogens (tertiary/aromatic N) is 4. The number of halogens is 2. The molecule has 2 aliphatic rings. The standard InChI is InChI=1S/C34H30ClFN4O3/c35-27-8-2-6-23-5-1-7-25(29(23)27)31-30(36)32-26(16-37-31)33(40-17-21-9-10-22(14-21)18-40)39-34(38-32)43-13-3-4-20-11-12-28(42)24(15-20)19-41/h1-2,5-8,11-12,15-16,19,21-22,42H,3-4,9-10,13-14,17-18H2. The van der Waals surface area contributed by atoms with Crippen LogP contribution in [0.2, 0.25) is 5.02 Å². The second kappa shape index (κ2) is 11.4. The van der Waals surface area contributed by atoms with Gasteiger partial charge in [-0.15, -0.1) is 0 Å². The number of aryl methyl sites for hydroxylation is 1. The lowest BCUT2D eigenvalue weighted by Gasteiger charge is -2.33. The molecule has 218 valence electrons. The number of rotatable bonds is 8. The van der Waals surface area contributed by atoms with Gasteiger partial charge in [-0.25, -0.2) is 4.39 Å². The number of fused-ring (bicyclic) bond motifs is 4. The number of aromatic hydroxyl groups is 1. The molecule has 7 nitrogen and oxygen atoms in total. The fourth-order valence-corrected chi connectivity index (χ4v) is 6.97. The predicted molar refractivity (Wildman–Crippen MR) is 166 cm³/mol. The molecule has 2 bridgehead atoms. The number of benzene rings is 3. The van der Waals surface area contributed by atoms with Crippen molar-refractivity contribution in [2.75, 3.05) is 24.6 Å². The Morgan fingerprint density at radius 1 is 1.07 bits per heavy atom. The van der Waals surface area contributed by atoms with Crippen LogP contribution in [0.1, 0.15) is 41.6 Å². The number of aldehydes is 1. The van der Waals surface area contributed by atoms with Crippen LogP contribution in [-0.4, -0.2) is 46.0 Å². The monoisotopic (exact) mass is 596 g/mol. The Hall–Kier alpha value is -4.30. The molecule has 7 rings (SSSR count). The first-order valence-electron chi connectivity index (χ1n) is 14.7. The van der Waals surface area contributed by atoms with Gasteiger partial charge in [0, 0.05) is 35.3 Å². The third-order valence-corrected chi connectivity index (χ3v) is 9.03. The molecule has 2 unspecified atom stereocenters. The van der Waals surface area contributed by atoms with Crippen molar-refractivity contribution in [3.63, 3.8) is 0 Å². The summed E-state index contributed by atoms with van der Waals surface area (Å²) < 4.78 is 22.5. The SMILES string of the molecule is O=Cc1cc(CCCOc2nc(N3CC4CCC(C4)C3)c3cnc(-c4cccc5cccc(Cl)c45)c(F)c3n2)ccc1O. The number of piperidine rings is 1. The summed E-state index contributed by atoms with van der Waals surface area (Å²) in [6.45, 7) is 2.03. The zero-order chi connectivity index (χ0) is 29.5. The number of phenolic OH excluding ortho intramolecular Hbond substituents is 1. The number of hydrogen-bond acceptors (Lipinski definition) is 7. The molecule has 3 aromatic carbocycles. The molecule has 5 aromatic rings. The highest BCUT2D eigenvalue weighted by Crippen LogP contribution is 2.41. The highest BCUT2D eigenvalue weighted by molar-refractivity contribution is 6.36. The molecule has 9 heteroatoms. The van der Waals surface area contributed by atoms with Gasteiger partial charge < -0.3 is 14.7 Å². The highest BCUT2D eigenvalue weighted by Gasteiger charge is 2.34. The average Bonchev–Trinajstić information content (AvgIpc) is 3.36. The number of hydrogen-bond donors (Lipinski definition) is 1. The molecule has 0 radical (unpaired) electrons. The van der Waals surface area contributed by atoms with Crippen LogP contribution < -0.4 is 9.64 Å². The maximum Gasteiger partial charge on any atom is 0.319 e. The van der Waals surface area contributed by atoms with Crippen molar-refractivity contribution in [3.8, 4) is 23.0 Å². The van der Waals surface area contributed by atoms with Gasteiger partial charge in [-0.05, 0) is 73.1 Å². The Labute approximate surface area is 253 Å². The minimum absolute atomic E-state index is 0.0418. The summed E-state index contributed by atoms with van der Waals surface area (Å²) in [6.07, 6.45) is 7.19. The van der Waals surface area contributed by atoms with E-state index in [1.54, 1.807) is 24.4 Å². The predicted octanol–water partition coefficient (Wildman–Crippen LogP) is 7.40. The number of pyridine rings is 1. The Morgan fingerprint density at radius 2 is 1.86 bits per heavy atom. The molecular weight excluding hydrogens is 567 g/mol. The van der Waals surface area contributed by atoms with Crippen LogP contribution in [0.25, 0.3) is 32.9 Å². The average molecular weight is 597 g/mol. The number of aromatic nitrogens is 3. The molecule has 1 N–H and O–H groups in total. The minimum atomic E-state index is -0.538. The summed E-state index contributed by atoms with van der Waals surface area (Å²) in [4.78, 5) is 27.4. The molecule has 0 amide bonds. The van der Waals surface area contributed by atoms with Gasteiger partial charge in [0.2, 0.25) is 0 Å². The van der Waals surface area contributed by atoms with Crippen LogP contribution in [0, 0.1) is 17.7 Å². The van der Waals surface area contributed by atoms with Crippen LogP contribution in [-0.2, 0) is 6.42 Å². The van der Waals surface area contributed by atoms with Gasteiger partial charge in [-0.2, -0.15) is 9.97 Å². The van der Waals surface area contributed by atoms with Crippen LogP contribution >= 0.6 is 11.6 Å². The third-order valence-electron chi connectivity index (χ3n) is 8.72. The normalized spacial score (nSPS) is 18.0. The lowest BCUT2D eigenvalue weighted by atomic mass is 9.98. The van der Waals surface area contributed by atoms with E-state index in [4.69, 9.17) is 21.3 Å². The van der Waals surface area contributed by atoms with E-state index in [0.717, 1.165) is 29.4 Å². The molecule has 1 saturated carbocycles. The Balaban J connectivity index is 1.25. The molecule has 1 saturated heterocycles. The second-order valence-corrected chi connectivity index (χ2v) is 12.0. The third kappa shape index (κ3) is 5.25. The minimum Gasteiger partial charge on any atom is -0.507 e. The maximum absolute atomic E-state index is 16.5. The van der Waals surface area contributed by atoms with Gasteiger partial charge in [0.25, 0.3) is 0 Å². The first kappa shape index (κ1) is 27.5. The molecule has 0 spiro atoms. The molecule has 1 aliphatic carbocycles. The van der Waals surface area contributed by atoms with Gasteiger partial charge >= 0.3 is 6.01 Å². The number of carbonyl (C=O) groups is 1. The van der Waals surface area contributed by atoms with Crippen LogP contribution in [0.3, 0.4) is 0 Å². The van der Waals surface area contributed by atoms with Crippen molar-refractivity contribution in [1.82, 2.24) is 15.0 Å². The zero-order valence-corrected chi connectivity index (χ0v) is 24.2. The summed E-state index contributed by atoms with van der Waals surface area (Å²) in [7, 11) is 0. The van der Waals surface area contributed by atoms with Gasteiger partial charge in [-0.1, -0.05) is 48.0 Å². The van der Waals surface area contributed by atoms with Gasteiger partial charge in [0.05, 0.1) is 17.6 Å². The van der Waals surface area contributed by atoms with Crippen LogP contribution in [0.4, 0.5) is 10.2 Å². The molecule has 3 heterocycles. The van der Waals surface area contributed by atoms with E-state index in [1.807, 2.05) is 30.3 Å². The number of ether oxygens (including phenoxy) is 1. The smallest absolute Gasteiger partial charge is 0.319 e. The maximum atomic E-state index is 16.5. The van der Waals surface area contributed by atoms with Crippen LogP contribution in [0.15, 0.2) is 60.8 Å². The van der Waals surface area contributed by atoms with E-state index in [0.29, 0.717) is 59.4 Å². The van der Waals surface area contributed by atoms with Crippen molar-refractivity contribution in [2.24, 2.45) is 11.8 Å². The lowest BCUT2D eigenvalue weighted by molar-refractivity contribution is 0.112. The van der Waals surface area contributed by atoms with E-state index in [1.165, 1.54) is 25.3 Å². The Morgan fingerprint density at radius 3 is 2.65 bits per heavy atom. The topological polar surface area (TPSA) is 88.4 Å². The van der Waals surface area contributed by atoms with Crippen LogP contribution in [0.5, 0.6) is 11.8 Å². The van der Waals surface area contributed by atoms with Crippen molar-refractivity contribution < 1.29 is 19.0 Å². The first-order chi connectivity index (χ1) is 21.0. The lowest BCUT2D eigenvalue weighted by Crippen LogP contribution is -2.37. The fraction of sp³-hybridized carbons (Fsp3) is 0.294. The van der Waals surface area contributed by atoms with Gasteiger partial charge in [0.1, 0.15) is 22.8 Å². The highest BCUT2D eigenvalue weighted by atomic mass is 35.5. The van der Waals surface area contributed by atoms with Crippen molar-refractivity contribution >= 4 is 45.4 Å². The second-order valence-electron chi connectivity index (χ2n) is 11.6. The first-order valence-corrected chi connectivity index (χ1v) is 15.0. The Bertz CT molecular complexity index is 1850. The van der Waals surface area contributed by atoms with E-state index < -0.39 is 5.82 Å². The summed E-state index contributed by atoms with van der Waals surface area (Å²) >= 11 is 6.58. The molecule has 2 fully saturated rings. The zero-order valence-electron chi connectivity index (χ0n) is 23.5. The number of carbonyl (C=O) groups excluding carboxylic acids is 1. The van der Waals surface area contributed by atoms with E-state index in [2.05, 4.69) is 14.9 Å². The van der Waals surface area contributed by atoms with Crippen molar-refractivity contribution in [1.29, 1.82) is 0 Å². The van der Waals surface area contributed by atoms with E-state index in [9.17, 15) is 9.90 Å². The number of anilines is 1. The molecule has 2 aromatic heterocycles. The Kier molecular flexibility index (Phi) is 7.31. The summed E-state index contributed by atoms with van der Waals surface area (Å²) in [5.41, 5.74) is 2.11. The van der Waals surface area contributed by atoms with Gasteiger partial charge in [-0.3, -0.25) is 9.78 Å². The summed E-state index contributed by atoms with van der Waals surface area (Å²) in [6, 6.07) is 16.3. The molecule has 1 aliphatic heterocycles.